The third-order valence-electron chi connectivity index (χ3n) is 3.59. The largest absolute Gasteiger partial charge is 0.354 e. The molecule has 1 saturated carbocycles. The van der Waals surface area contributed by atoms with Crippen molar-refractivity contribution in [3.63, 3.8) is 0 Å². The highest BCUT2D eigenvalue weighted by atomic mass is 35.5. The van der Waals surface area contributed by atoms with Crippen LogP contribution >= 0.6 is 12.4 Å². The maximum Gasteiger partial charge on any atom is 0.240 e. The van der Waals surface area contributed by atoms with Crippen LogP contribution in [0.4, 0.5) is 4.39 Å². The molecule has 1 aromatic rings. The molecule has 1 aliphatic rings. The maximum atomic E-state index is 13.4. The first-order chi connectivity index (χ1) is 8.62. The van der Waals surface area contributed by atoms with Gasteiger partial charge in [-0.2, -0.15) is 0 Å². The Morgan fingerprint density at radius 3 is 2.58 bits per heavy atom. The molecule has 0 saturated heterocycles. The molecule has 3 nitrogen and oxygen atoms in total. The average molecular weight is 287 g/mol. The van der Waals surface area contributed by atoms with Gasteiger partial charge in [0.1, 0.15) is 5.82 Å². The van der Waals surface area contributed by atoms with E-state index < -0.39 is 5.54 Å². The summed E-state index contributed by atoms with van der Waals surface area (Å²) < 4.78 is 13.4. The van der Waals surface area contributed by atoms with Crippen LogP contribution < -0.4 is 11.1 Å². The SMILES string of the molecule is Cl.NC1(C(=O)NCCc2ccccc2F)CCCC1. The molecule has 0 heterocycles. The number of nitrogens with one attached hydrogen (secondary N) is 1. The van der Waals surface area contributed by atoms with Crippen molar-refractivity contribution in [1.82, 2.24) is 5.32 Å². The summed E-state index contributed by atoms with van der Waals surface area (Å²) in [7, 11) is 0. The fourth-order valence-electron chi connectivity index (χ4n) is 2.42. The molecule has 0 unspecified atom stereocenters. The van der Waals surface area contributed by atoms with Crippen LogP contribution in [0.25, 0.3) is 0 Å². The Labute approximate surface area is 119 Å². The van der Waals surface area contributed by atoms with Crippen molar-refractivity contribution in [2.24, 2.45) is 5.73 Å². The number of benzene rings is 1. The number of rotatable bonds is 4. The highest BCUT2D eigenvalue weighted by molar-refractivity contribution is 5.86. The van der Waals surface area contributed by atoms with Crippen molar-refractivity contribution >= 4 is 18.3 Å². The molecule has 0 aromatic heterocycles. The predicted octanol–water partition coefficient (Wildman–Crippen LogP) is 2.18. The van der Waals surface area contributed by atoms with Gasteiger partial charge in [0.15, 0.2) is 0 Å². The van der Waals surface area contributed by atoms with Crippen molar-refractivity contribution in [2.45, 2.75) is 37.6 Å². The molecule has 1 amide bonds. The van der Waals surface area contributed by atoms with Gasteiger partial charge < -0.3 is 11.1 Å². The van der Waals surface area contributed by atoms with E-state index in [-0.39, 0.29) is 24.1 Å². The van der Waals surface area contributed by atoms with Crippen molar-refractivity contribution < 1.29 is 9.18 Å². The summed E-state index contributed by atoms with van der Waals surface area (Å²) in [5.74, 6) is -0.327. The van der Waals surface area contributed by atoms with Crippen LogP contribution in [0.15, 0.2) is 24.3 Å². The van der Waals surface area contributed by atoms with Crippen LogP contribution in [0.2, 0.25) is 0 Å². The van der Waals surface area contributed by atoms with Gasteiger partial charge in [-0.25, -0.2) is 4.39 Å². The first-order valence-corrected chi connectivity index (χ1v) is 6.42. The first kappa shape index (κ1) is 15.9. The van der Waals surface area contributed by atoms with Gasteiger partial charge in [0.05, 0.1) is 5.54 Å². The van der Waals surface area contributed by atoms with Gasteiger partial charge >= 0.3 is 0 Å². The summed E-state index contributed by atoms with van der Waals surface area (Å²) >= 11 is 0. The number of halogens is 2. The molecular formula is C14H20ClFN2O. The summed E-state index contributed by atoms with van der Waals surface area (Å²) in [5, 5.41) is 2.81. The Kier molecular flexibility index (Phi) is 5.76. The van der Waals surface area contributed by atoms with E-state index in [1.165, 1.54) is 6.07 Å². The van der Waals surface area contributed by atoms with Gasteiger partial charge in [-0.05, 0) is 30.9 Å². The fourth-order valence-corrected chi connectivity index (χ4v) is 2.42. The van der Waals surface area contributed by atoms with Crippen LogP contribution in [-0.4, -0.2) is 18.0 Å². The molecule has 0 aliphatic heterocycles. The number of carbonyl (C=O) groups is 1. The zero-order valence-corrected chi connectivity index (χ0v) is 11.6. The van der Waals surface area contributed by atoms with Gasteiger partial charge in [-0.15, -0.1) is 12.4 Å². The van der Waals surface area contributed by atoms with E-state index in [0.29, 0.717) is 18.5 Å². The summed E-state index contributed by atoms with van der Waals surface area (Å²) in [4.78, 5) is 11.9. The molecule has 0 atom stereocenters. The Morgan fingerprint density at radius 2 is 1.95 bits per heavy atom. The molecule has 0 bridgehead atoms. The Bertz CT molecular complexity index is 433. The molecule has 19 heavy (non-hydrogen) atoms. The van der Waals surface area contributed by atoms with Crippen LogP contribution in [0.5, 0.6) is 0 Å². The van der Waals surface area contributed by atoms with Crippen molar-refractivity contribution in [3.8, 4) is 0 Å². The monoisotopic (exact) mass is 286 g/mol. The van der Waals surface area contributed by atoms with Crippen molar-refractivity contribution in [3.05, 3.63) is 35.6 Å². The zero-order chi connectivity index (χ0) is 13.0. The Morgan fingerprint density at radius 1 is 1.32 bits per heavy atom. The molecule has 0 spiro atoms. The molecule has 1 aliphatic carbocycles. The lowest BCUT2D eigenvalue weighted by Gasteiger charge is -2.22. The van der Waals surface area contributed by atoms with Gasteiger partial charge in [0.2, 0.25) is 5.91 Å². The van der Waals surface area contributed by atoms with Gasteiger partial charge in [0, 0.05) is 6.54 Å². The highest BCUT2D eigenvalue weighted by Gasteiger charge is 2.36. The number of hydrogen-bond donors (Lipinski definition) is 2. The van der Waals surface area contributed by atoms with Gasteiger partial charge in [-0.1, -0.05) is 31.0 Å². The summed E-state index contributed by atoms with van der Waals surface area (Å²) in [6.07, 6.45) is 4.01. The number of carbonyl (C=O) groups excluding carboxylic acids is 1. The minimum absolute atomic E-state index is 0. The van der Waals surface area contributed by atoms with E-state index in [0.717, 1.165) is 25.7 Å². The third-order valence-corrected chi connectivity index (χ3v) is 3.59. The lowest BCUT2D eigenvalue weighted by atomic mass is 9.98. The average Bonchev–Trinajstić information content (AvgIpc) is 2.80. The minimum Gasteiger partial charge on any atom is -0.354 e. The van der Waals surface area contributed by atoms with E-state index in [1.807, 2.05) is 0 Å². The number of nitrogens with two attached hydrogens (primary N) is 1. The second-order valence-electron chi connectivity index (χ2n) is 4.96. The minimum atomic E-state index is -0.699. The van der Waals surface area contributed by atoms with E-state index in [1.54, 1.807) is 18.2 Å². The van der Waals surface area contributed by atoms with E-state index in [9.17, 15) is 9.18 Å². The van der Waals surface area contributed by atoms with Crippen LogP contribution in [0, 0.1) is 5.82 Å². The quantitative estimate of drug-likeness (QED) is 0.891. The Hall–Kier alpha value is -1.13. The second kappa shape index (κ2) is 6.87. The molecule has 3 N–H and O–H groups in total. The van der Waals surface area contributed by atoms with Crippen molar-refractivity contribution in [2.75, 3.05) is 6.54 Å². The van der Waals surface area contributed by atoms with Crippen LogP contribution in [0.1, 0.15) is 31.2 Å². The lowest BCUT2D eigenvalue weighted by Crippen LogP contribution is -2.52. The zero-order valence-electron chi connectivity index (χ0n) is 10.8. The van der Waals surface area contributed by atoms with Crippen molar-refractivity contribution in [1.29, 1.82) is 0 Å². The molecule has 5 heteroatoms. The van der Waals surface area contributed by atoms with Gasteiger partial charge in [-0.3, -0.25) is 4.79 Å². The van der Waals surface area contributed by atoms with E-state index in [2.05, 4.69) is 5.32 Å². The second-order valence-corrected chi connectivity index (χ2v) is 4.96. The van der Waals surface area contributed by atoms with E-state index >= 15 is 0 Å². The Balaban J connectivity index is 0.00000180. The van der Waals surface area contributed by atoms with Crippen LogP contribution in [-0.2, 0) is 11.2 Å². The number of hydrogen-bond acceptors (Lipinski definition) is 2. The summed E-state index contributed by atoms with van der Waals surface area (Å²) in [5.41, 5.74) is 5.95. The molecule has 1 aromatic carbocycles. The predicted molar refractivity (Wildman–Crippen MR) is 75.7 cm³/mol. The molecule has 0 radical (unpaired) electrons. The summed E-state index contributed by atoms with van der Waals surface area (Å²) in [6, 6.07) is 6.61. The standard InChI is InChI=1S/C14H19FN2O.ClH/c15-12-6-2-1-5-11(12)7-10-17-13(18)14(16)8-3-4-9-14;/h1-2,5-6H,3-4,7-10,16H2,(H,17,18);1H. The summed E-state index contributed by atoms with van der Waals surface area (Å²) in [6.45, 7) is 0.429. The molecular weight excluding hydrogens is 267 g/mol. The van der Waals surface area contributed by atoms with Gasteiger partial charge in [0.25, 0.3) is 0 Å². The maximum absolute atomic E-state index is 13.4. The van der Waals surface area contributed by atoms with E-state index in [4.69, 9.17) is 5.73 Å². The fraction of sp³-hybridized carbons (Fsp3) is 0.500. The lowest BCUT2D eigenvalue weighted by molar-refractivity contribution is -0.126. The molecule has 2 rings (SSSR count). The van der Waals surface area contributed by atoms with Crippen LogP contribution in [0.3, 0.4) is 0 Å². The highest BCUT2D eigenvalue weighted by Crippen LogP contribution is 2.27. The smallest absolute Gasteiger partial charge is 0.240 e. The number of amides is 1. The third kappa shape index (κ3) is 3.91. The topological polar surface area (TPSA) is 55.1 Å². The molecule has 106 valence electrons. The normalized spacial score (nSPS) is 16.7. The first-order valence-electron chi connectivity index (χ1n) is 6.42. The molecule has 1 fully saturated rings.